The second-order valence-electron chi connectivity index (χ2n) is 16.9. The van der Waals surface area contributed by atoms with Crippen LogP contribution in [0.3, 0.4) is 0 Å². The van der Waals surface area contributed by atoms with Crippen LogP contribution < -0.4 is 16.0 Å². The third kappa shape index (κ3) is 12.2. The fraction of sp³-hybridized carbons (Fsp3) is 0.780. The molecule has 14 heteroatoms. The summed E-state index contributed by atoms with van der Waals surface area (Å²) >= 11 is 0. The summed E-state index contributed by atoms with van der Waals surface area (Å²) in [7, 11) is 1.47. The van der Waals surface area contributed by atoms with Crippen LogP contribution in [0.5, 0.6) is 0 Å². The van der Waals surface area contributed by atoms with Gasteiger partial charge in [0.05, 0.1) is 5.41 Å². The number of ether oxygens (including phenoxy) is 2. The van der Waals surface area contributed by atoms with Crippen molar-refractivity contribution in [3.8, 4) is 12.3 Å². The van der Waals surface area contributed by atoms with Crippen molar-refractivity contribution in [3.05, 3.63) is 0 Å². The highest BCUT2D eigenvalue weighted by atomic mass is 16.6. The third-order valence-corrected chi connectivity index (χ3v) is 10.8. The molecule has 0 aromatic rings. The lowest BCUT2D eigenvalue weighted by atomic mass is 9.82. The fourth-order valence-corrected chi connectivity index (χ4v) is 7.05. The van der Waals surface area contributed by atoms with E-state index in [2.05, 4.69) is 21.9 Å². The average molecular weight is 774 g/mol. The van der Waals surface area contributed by atoms with Crippen LogP contribution in [-0.4, -0.2) is 107 Å². The first-order chi connectivity index (χ1) is 25.6. The van der Waals surface area contributed by atoms with Gasteiger partial charge in [0.15, 0.2) is 6.10 Å². The van der Waals surface area contributed by atoms with E-state index in [4.69, 9.17) is 15.9 Å². The van der Waals surface area contributed by atoms with Gasteiger partial charge in [0.1, 0.15) is 36.3 Å². The number of hydrogen-bond donors (Lipinski definition) is 3. The number of fused-ring (bicyclic) bond motifs is 1. The Hall–Kier alpha value is -4.15. The number of carbonyl (C=O) groups is 7. The lowest BCUT2D eigenvalue weighted by Gasteiger charge is -2.38. The van der Waals surface area contributed by atoms with Crippen molar-refractivity contribution in [1.82, 2.24) is 25.8 Å². The van der Waals surface area contributed by atoms with E-state index in [1.165, 1.54) is 23.8 Å². The van der Waals surface area contributed by atoms with E-state index >= 15 is 0 Å². The first kappa shape index (κ1) is 47.0. The minimum Gasteiger partial charge on any atom is -0.460 e. The molecular formula is C41H67N5O9. The largest absolute Gasteiger partial charge is 0.460 e. The van der Waals surface area contributed by atoms with E-state index in [1.807, 2.05) is 20.8 Å². The topological polar surface area (TPSA) is 181 Å². The van der Waals surface area contributed by atoms with Crippen LogP contribution in [0.1, 0.15) is 121 Å². The smallest absolute Gasteiger partial charge is 0.329 e. The molecule has 2 saturated heterocycles. The Bertz CT molecular complexity index is 1440. The zero-order valence-electron chi connectivity index (χ0n) is 35.2. The molecule has 2 fully saturated rings. The zero-order valence-corrected chi connectivity index (χ0v) is 35.2. The second kappa shape index (κ2) is 20.7. The molecule has 3 N–H and O–H groups in total. The monoisotopic (exact) mass is 773 g/mol. The molecule has 0 radical (unpaired) electrons. The normalized spacial score (nSPS) is 28.7. The zero-order chi connectivity index (χ0) is 41.9. The van der Waals surface area contributed by atoms with Crippen molar-refractivity contribution < 1.29 is 43.0 Å². The maximum atomic E-state index is 14.2. The highest BCUT2D eigenvalue weighted by Crippen LogP contribution is 2.30. The minimum absolute atomic E-state index is 0.0270. The molecule has 2 heterocycles. The summed E-state index contributed by atoms with van der Waals surface area (Å²) in [4.78, 5) is 100. The Labute approximate surface area is 328 Å². The Morgan fingerprint density at radius 2 is 1.51 bits per heavy atom. The van der Waals surface area contributed by atoms with Gasteiger partial charge in [-0.25, -0.2) is 9.59 Å². The Morgan fingerprint density at radius 1 is 0.873 bits per heavy atom. The number of carbonyl (C=O) groups excluding carboxylic acids is 7. The van der Waals surface area contributed by atoms with Gasteiger partial charge in [-0.05, 0) is 77.0 Å². The standard InChI is InChI=1S/C41H67N5O9/c1-14-16-17-20-30-41(11,12)40(53)44-31(24(5)6)36(49)45(13)32(25(7)8)39(52)55-33(26(9)15-2)37(50)46-21-18-19-29(46)35(48)43-28(22-23(3)4)34(47)42-27(10)38(51)54-30/h1,23-33H,15-22H2,2-13H3,(H,42,47)(H,43,48)(H,44,53). The van der Waals surface area contributed by atoms with Crippen LogP contribution in [-0.2, 0) is 43.0 Å². The van der Waals surface area contributed by atoms with Crippen LogP contribution in [0, 0.1) is 41.4 Å². The lowest BCUT2D eigenvalue weighted by molar-refractivity contribution is -0.172. The molecule has 0 aromatic heterocycles. The van der Waals surface area contributed by atoms with Gasteiger partial charge in [-0.1, -0.05) is 55.4 Å². The molecular weight excluding hydrogens is 706 g/mol. The number of terminal acetylenes is 1. The van der Waals surface area contributed by atoms with E-state index in [0.29, 0.717) is 32.1 Å². The maximum Gasteiger partial charge on any atom is 0.329 e. The van der Waals surface area contributed by atoms with Crippen LogP contribution in [0.4, 0.5) is 0 Å². The minimum atomic E-state index is -1.38. The van der Waals surface area contributed by atoms with Crippen molar-refractivity contribution in [2.24, 2.45) is 29.1 Å². The quantitative estimate of drug-likeness (QED) is 0.180. The molecule has 8 atom stereocenters. The van der Waals surface area contributed by atoms with E-state index in [1.54, 1.807) is 48.5 Å². The van der Waals surface area contributed by atoms with Crippen LogP contribution >= 0.6 is 0 Å². The number of amides is 5. The molecule has 0 saturated carbocycles. The molecule has 0 aliphatic carbocycles. The predicted molar refractivity (Wildman–Crippen MR) is 208 cm³/mol. The van der Waals surface area contributed by atoms with Gasteiger partial charge in [0.25, 0.3) is 5.91 Å². The Kier molecular flexibility index (Phi) is 17.7. The Morgan fingerprint density at radius 3 is 2.05 bits per heavy atom. The van der Waals surface area contributed by atoms with Gasteiger partial charge in [0.2, 0.25) is 23.6 Å². The average Bonchev–Trinajstić information content (AvgIpc) is 3.60. The number of unbranched alkanes of at least 4 members (excludes halogenated alkanes) is 1. The summed E-state index contributed by atoms with van der Waals surface area (Å²) in [6.07, 6.45) is 5.84. The SMILES string of the molecule is C#CCCCC1OC(=O)C(C)NC(=O)C(CC(C)C)NC(=O)C2CCCN2C(=O)C(C(C)CC)OC(=O)C(C(C)C)N(C)C(=O)C(C(C)C)NC(=O)C1(C)C. The van der Waals surface area contributed by atoms with Gasteiger partial charge in [-0.15, -0.1) is 12.3 Å². The number of esters is 2. The molecule has 2 aliphatic rings. The molecule has 2 aliphatic heterocycles. The van der Waals surface area contributed by atoms with Crippen LogP contribution in [0.25, 0.3) is 0 Å². The summed E-state index contributed by atoms with van der Waals surface area (Å²) in [5, 5.41) is 8.35. The lowest BCUT2D eigenvalue weighted by Crippen LogP contribution is -2.60. The molecule has 5 amide bonds. The number of nitrogens with zero attached hydrogens (tertiary/aromatic N) is 2. The second-order valence-corrected chi connectivity index (χ2v) is 16.9. The summed E-state index contributed by atoms with van der Waals surface area (Å²) in [6, 6.07) is -5.33. The number of nitrogens with one attached hydrogen (secondary N) is 3. The van der Waals surface area contributed by atoms with E-state index < -0.39 is 107 Å². The first-order valence-electron chi connectivity index (χ1n) is 19.9. The van der Waals surface area contributed by atoms with Gasteiger partial charge < -0.3 is 35.2 Å². The maximum absolute atomic E-state index is 14.2. The Balaban J connectivity index is 2.73. The van der Waals surface area contributed by atoms with Gasteiger partial charge in [0, 0.05) is 25.9 Å². The number of cyclic esters (lactones) is 2. The first-order valence-corrected chi connectivity index (χ1v) is 19.9. The van der Waals surface area contributed by atoms with Crippen molar-refractivity contribution in [3.63, 3.8) is 0 Å². The van der Waals surface area contributed by atoms with E-state index in [0.717, 1.165) is 0 Å². The van der Waals surface area contributed by atoms with Crippen molar-refractivity contribution in [2.45, 2.75) is 164 Å². The fourth-order valence-electron chi connectivity index (χ4n) is 7.05. The molecule has 0 spiro atoms. The molecule has 0 bridgehead atoms. The summed E-state index contributed by atoms with van der Waals surface area (Å²) < 4.78 is 12.0. The van der Waals surface area contributed by atoms with Crippen molar-refractivity contribution in [1.29, 1.82) is 0 Å². The number of likely N-dealkylation sites (N-methyl/N-ethyl adjacent to an activating group) is 1. The van der Waals surface area contributed by atoms with Crippen LogP contribution in [0.15, 0.2) is 0 Å². The molecule has 55 heavy (non-hydrogen) atoms. The van der Waals surface area contributed by atoms with Gasteiger partial charge in [-0.3, -0.25) is 24.0 Å². The number of rotatable bonds is 9. The number of hydrogen-bond acceptors (Lipinski definition) is 9. The highest BCUT2D eigenvalue weighted by molar-refractivity contribution is 5.96. The molecule has 14 nitrogen and oxygen atoms in total. The molecule has 8 unspecified atom stereocenters. The molecule has 2 rings (SSSR count). The van der Waals surface area contributed by atoms with Crippen LogP contribution in [0.2, 0.25) is 0 Å². The summed E-state index contributed by atoms with van der Waals surface area (Å²) in [5.74, 6) is -3.16. The predicted octanol–water partition coefficient (Wildman–Crippen LogP) is 3.35. The molecule has 310 valence electrons. The summed E-state index contributed by atoms with van der Waals surface area (Å²) in [5.41, 5.74) is -1.38. The highest BCUT2D eigenvalue weighted by Gasteiger charge is 2.46. The molecule has 0 aromatic carbocycles. The van der Waals surface area contributed by atoms with Gasteiger partial charge in [-0.2, -0.15) is 0 Å². The van der Waals surface area contributed by atoms with E-state index in [9.17, 15) is 33.6 Å². The van der Waals surface area contributed by atoms with Gasteiger partial charge >= 0.3 is 11.9 Å². The summed E-state index contributed by atoms with van der Waals surface area (Å²) in [6.45, 7) is 19.4. The third-order valence-electron chi connectivity index (χ3n) is 10.8. The van der Waals surface area contributed by atoms with E-state index in [-0.39, 0.29) is 25.3 Å². The van der Waals surface area contributed by atoms with Crippen molar-refractivity contribution >= 4 is 41.5 Å². The van der Waals surface area contributed by atoms with Crippen molar-refractivity contribution in [2.75, 3.05) is 13.6 Å².